The van der Waals surface area contributed by atoms with Crippen molar-refractivity contribution in [3.8, 4) is 0 Å². The highest BCUT2D eigenvalue weighted by Crippen LogP contribution is 2.22. The van der Waals surface area contributed by atoms with Crippen LogP contribution in [0, 0.1) is 12.8 Å². The number of thioether (sulfide) groups is 1. The van der Waals surface area contributed by atoms with Gasteiger partial charge in [0, 0.05) is 43.7 Å². The lowest BCUT2D eigenvalue weighted by Gasteiger charge is -2.12. The van der Waals surface area contributed by atoms with Crippen molar-refractivity contribution in [2.75, 3.05) is 25.5 Å². The molecule has 0 unspecified atom stereocenters. The van der Waals surface area contributed by atoms with Crippen LogP contribution in [0.15, 0.2) is 35.5 Å². The highest BCUT2D eigenvalue weighted by atomic mass is 32.2. The molecule has 0 bridgehead atoms. The van der Waals surface area contributed by atoms with E-state index < -0.39 is 0 Å². The minimum atomic E-state index is -0.0226. The van der Waals surface area contributed by atoms with Gasteiger partial charge in [0.1, 0.15) is 5.82 Å². The molecule has 1 amide bonds. The summed E-state index contributed by atoms with van der Waals surface area (Å²) in [5.41, 5.74) is 2.79. The number of anilines is 1. The molecule has 0 spiro atoms. The number of rotatable bonds is 7. The quantitative estimate of drug-likeness (QED) is 0.606. The van der Waals surface area contributed by atoms with Crippen molar-refractivity contribution in [1.29, 1.82) is 0 Å². The van der Waals surface area contributed by atoms with E-state index in [2.05, 4.69) is 29.1 Å². The Kier molecular flexibility index (Phi) is 6.82. The number of carbonyl (C=O) groups excluding carboxylic acids is 1. The number of aromatic nitrogens is 2. The summed E-state index contributed by atoms with van der Waals surface area (Å²) in [6.07, 6.45) is 0. The van der Waals surface area contributed by atoms with E-state index in [1.807, 2.05) is 56.3 Å². The summed E-state index contributed by atoms with van der Waals surface area (Å²) >= 11 is 1.60. The first-order valence-corrected chi connectivity index (χ1v) is 9.36. The van der Waals surface area contributed by atoms with Crippen LogP contribution in [0.3, 0.4) is 0 Å². The van der Waals surface area contributed by atoms with Gasteiger partial charge in [-0.25, -0.2) is 9.97 Å². The molecule has 1 N–H and O–H groups in total. The van der Waals surface area contributed by atoms with Crippen molar-refractivity contribution in [3.63, 3.8) is 0 Å². The molecule has 1 aromatic carbocycles. The third kappa shape index (κ3) is 6.05. The number of aryl methyl sites for hydroxylation is 1. The van der Waals surface area contributed by atoms with Crippen molar-refractivity contribution in [2.24, 2.45) is 5.92 Å². The van der Waals surface area contributed by atoms with Crippen LogP contribution >= 0.6 is 11.8 Å². The topological polar surface area (TPSA) is 58.1 Å². The molecule has 1 aromatic heterocycles. The van der Waals surface area contributed by atoms with Crippen molar-refractivity contribution in [2.45, 2.75) is 31.7 Å². The first kappa shape index (κ1) is 19.2. The fourth-order valence-corrected chi connectivity index (χ4v) is 2.97. The summed E-state index contributed by atoms with van der Waals surface area (Å²) < 4.78 is 0. The normalized spacial score (nSPS) is 10.8. The lowest BCUT2D eigenvalue weighted by molar-refractivity contribution is 0.0949. The summed E-state index contributed by atoms with van der Waals surface area (Å²) in [5.74, 6) is 2.10. The summed E-state index contributed by atoms with van der Waals surface area (Å²) in [6, 6.07) is 9.68. The standard InChI is InChI=1S/C19H26N4OS/c1-13(2)11-20-18(24)16-8-6-15(7-9-16)12-25-19-21-14(3)10-17(22-19)23(4)5/h6-10,13H,11-12H2,1-5H3,(H,20,24). The van der Waals surface area contributed by atoms with E-state index in [0.29, 0.717) is 18.0 Å². The summed E-state index contributed by atoms with van der Waals surface area (Å²) in [7, 11) is 3.94. The van der Waals surface area contributed by atoms with Gasteiger partial charge >= 0.3 is 0 Å². The van der Waals surface area contributed by atoms with E-state index in [1.54, 1.807) is 11.8 Å². The van der Waals surface area contributed by atoms with Gasteiger partial charge in [-0.3, -0.25) is 4.79 Å². The zero-order chi connectivity index (χ0) is 18.4. The van der Waals surface area contributed by atoms with Crippen molar-refractivity contribution in [3.05, 3.63) is 47.2 Å². The monoisotopic (exact) mass is 358 g/mol. The van der Waals surface area contributed by atoms with Crippen molar-refractivity contribution in [1.82, 2.24) is 15.3 Å². The Hall–Kier alpha value is -2.08. The maximum Gasteiger partial charge on any atom is 0.251 e. The molecule has 0 saturated heterocycles. The third-order valence-corrected chi connectivity index (χ3v) is 4.45. The molecule has 0 aliphatic carbocycles. The van der Waals surface area contributed by atoms with E-state index >= 15 is 0 Å². The lowest BCUT2D eigenvalue weighted by atomic mass is 10.1. The fourth-order valence-electron chi connectivity index (χ4n) is 2.12. The first-order valence-electron chi connectivity index (χ1n) is 8.38. The van der Waals surface area contributed by atoms with Gasteiger partial charge in [0.15, 0.2) is 5.16 Å². The van der Waals surface area contributed by atoms with Crippen LogP contribution in [-0.2, 0) is 5.75 Å². The second-order valence-corrected chi connectivity index (χ2v) is 7.58. The average Bonchev–Trinajstić information content (AvgIpc) is 2.57. The van der Waals surface area contributed by atoms with Crippen LogP contribution in [0.25, 0.3) is 0 Å². The van der Waals surface area contributed by atoms with Crippen LogP contribution in [0.2, 0.25) is 0 Å². The molecule has 0 aliphatic rings. The molecule has 5 nitrogen and oxygen atoms in total. The van der Waals surface area contributed by atoms with E-state index in [4.69, 9.17) is 0 Å². The van der Waals surface area contributed by atoms with Gasteiger partial charge in [0.05, 0.1) is 0 Å². The molecule has 2 aromatic rings. The van der Waals surface area contributed by atoms with Crippen molar-refractivity contribution >= 4 is 23.5 Å². The number of nitrogens with zero attached hydrogens (tertiary/aromatic N) is 3. The SMILES string of the molecule is Cc1cc(N(C)C)nc(SCc2ccc(C(=O)NCC(C)C)cc2)n1. The zero-order valence-electron chi connectivity index (χ0n) is 15.5. The minimum absolute atomic E-state index is 0.0226. The molecular formula is C19H26N4OS. The number of carbonyl (C=O) groups is 1. The molecule has 0 atom stereocenters. The number of benzene rings is 1. The number of hydrogen-bond donors (Lipinski definition) is 1. The lowest BCUT2D eigenvalue weighted by Crippen LogP contribution is -2.27. The Labute approximate surface area is 154 Å². The second kappa shape index (κ2) is 8.85. The van der Waals surface area contributed by atoms with Gasteiger partial charge < -0.3 is 10.2 Å². The molecule has 1 heterocycles. The van der Waals surface area contributed by atoms with Crippen LogP contribution in [0.1, 0.15) is 35.5 Å². The Bertz CT molecular complexity index is 714. The Morgan fingerprint density at radius 2 is 1.88 bits per heavy atom. The molecular weight excluding hydrogens is 332 g/mol. The Balaban J connectivity index is 1.97. The van der Waals surface area contributed by atoms with Gasteiger partial charge in [-0.1, -0.05) is 37.7 Å². The largest absolute Gasteiger partial charge is 0.363 e. The molecule has 2 rings (SSSR count). The predicted molar refractivity (Wildman–Crippen MR) is 104 cm³/mol. The van der Waals surface area contributed by atoms with Crippen LogP contribution in [-0.4, -0.2) is 36.5 Å². The number of amides is 1. The third-order valence-electron chi connectivity index (χ3n) is 3.53. The number of nitrogens with one attached hydrogen (secondary N) is 1. The summed E-state index contributed by atoms with van der Waals surface area (Å²) in [4.78, 5) is 23.0. The minimum Gasteiger partial charge on any atom is -0.363 e. The van der Waals surface area contributed by atoms with E-state index in [1.165, 1.54) is 0 Å². The van der Waals surface area contributed by atoms with Gasteiger partial charge in [-0.15, -0.1) is 0 Å². The first-order chi connectivity index (χ1) is 11.8. The van der Waals surface area contributed by atoms with E-state index in [9.17, 15) is 4.79 Å². The molecule has 0 aliphatic heterocycles. The Morgan fingerprint density at radius 1 is 1.20 bits per heavy atom. The van der Waals surface area contributed by atoms with Gasteiger partial charge in [-0.2, -0.15) is 0 Å². The smallest absolute Gasteiger partial charge is 0.251 e. The van der Waals surface area contributed by atoms with Crippen LogP contribution < -0.4 is 10.2 Å². The maximum atomic E-state index is 12.0. The second-order valence-electron chi connectivity index (χ2n) is 6.63. The van der Waals surface area contributed by atoms with Crippen LogP contribution in [0.5, 0.6) is 0 Å². The van der Waals surface area contributed by atoms with Crippen molar-refractivity contribution < 1.29 is 4.79 Å². The molecule has 134 valence electrons. The molecule has 0 fully saturated rings. The molecule has 25 heavy (non-hydrogen) atoms. The van der Waals surface area contributed by atoms with Gasteiger partial charge in [0.2, 0.25) is 0 Å². The van der Waals surface area contributed by atoms with E-state index in [-0.39, 0.29) is 5.91 Å². The zero-order valence-corrected chi connectivity index (χ0v) is 16.4. The van der Waals surface area contributed by atoms with E-state index in [0.717, 1.165) is 28.0 Å². The fraction of sp³-hybridized carbons (Fsp3) is 0.421. The van der Waals surface area contributed by atoms with Crippen LogP contribution in [0.4, 0.5) is 5.82 Å². The number of hydrogen-bond acceptors (Lipinski definition) is 5. The summed E-state index contributed by atoms with van der Waals surface area (Å²) in [6.45, 7) is 6.82. The predicted octanol–water partition coefficient (Wildman–Crippen LogP) is 3.53. The summed E-state index contributed by atoms with van der Waals surface area (Å²) in [5, 5.41) is 3.70. The highest BCUT2D eigenvalue weighted by Gasteiger charge is 2.08. The molecule has 6 heteroatoms. The van der Waals surface area contributed by atoms with Gasteiger partial charge in [-0.05, 0) is 30.5 Å². The maximum absolute atomic E-state index is 12.0. The molecule has 0 saturated carbocycles. The molecule has 0 radical (unpaired) electrons. The Morgan fingerprint density at radius 3 is 2.48 bits per heavy atom. The highest BCUT2D eigenvalue weighted by molar-refractivity contribution is 7.98. The average molecular weight is 359 g/mol. The van der Waals surface area contributed by atoms with Gasteiger partial charge in [0.25, 0.3) is 5.91 Å².